The maximum atomic E-state index is 12.0. The van der Waals surface area contributed by atoms with Crippen molar-refractivity contribution in [3.8, 4) is 17.6 Å². The van der Waals surface area contributed by atoms with Crippen LogP contribution in [0.4, 0.5) is 0 Å². The summed E-state index contributed by atoms with van der Waals surface area (Å²) in [6.07, 6.45) is 1.45. The van der Waals surface area contributed by atoms with Gasteiger partial charge in [-0.3, -0.25) is 4.79 Å². The smallest absolute Gasteiger partial charge is 0.349 e. The SMILES string of the molecule is COCCNC(=O)/C(C#N)=C/c1ccc(OC(=O)COc2ccc(C)c(C)c2)cc1. The number of carbonyl (C=O) groups is 2. The van der Waals surface area contributed by atoms with Gasteiger partial charge < -0.3 is 19.5 Å². The number of ether oxygens (including phenoxy) is 3. The molecule has 30 heavy (non-hydrogen) atoms. The number of hydrogen-bond acceptors (Lipinski definition) is 6. The zero-order valence-corrected chi connectivity index (χ0v) is 17.2. The molecule has 0 unspecified atom stereocenters. The van der Waals surface area contributed by atoms with Gasteiger partial charge in [-0.05, 0) is 60.9 Å². The summed E-state index contributed by atoms with van der Waals surface area (Å²) in [4.78, 5) is 23.9. The number of rotatable bonds is 9. The van der Waals surface area contributed by atoms with E-state index >= 15 is 0 Å². The minimum Gasteiger partial charge on any atom is -0.482 e. The summed E-state index contributed by atoms with van der Waals surface area (Å²) >= 11 is 0. The molecule has 156 valence electrons. The summed E-state index contributed by atoms with van der Waals surface area (Å²) in [6.45, 7) is 4.42. The molecular weight excluding hydrogens is 384 g/mol. The lowest BCUT2D eigenvalue weighted by molar-refractivity contribution is -0.136. The van der Waals surface area contributed by atoms with Gasteiger partial charge in [0.05, 0.1) is 6.61 Å². The number of esters is 1. The van der Waals surface area contributed by atoms with Gasteiger partial charge in [-0.15, -0.1) is 0 Å². The third-order valence-corrected chi connectivity index (χ3v) is 4.21. The van der Waals surface area contributed by atoms with Crippen LogP contribution >= 0.6 is 0 Å². The van der Waals surface area contributed by atoms with Gasteiger partial charge in [-0.1, -0.05) is 18.2 Å². The Kier molecular flexibility index (Phi) is 8.60. The number of methoxy groups -OCH3 is 1. The van der Waals surface area contributed by atoms with Crippen LogP contribution in [0, 0.1) is 25.2 Å². The van der Waals surface area contributed by atoms with Crippen LogP contribution in [0.25, 0.3) is 6.08 Å². The second-order valence-electron chi connectivity index (χ2n) is 6.50. The monoisotopic (exact) mass is 408 g/mol. The van der Waals surface area contributed by atoms with Gasteiger partial charge in [0.2, 0.25) is 0 Å². The Morgan fingerprint density at radius 2 is 1.77 bits per heavy atom. The van der Waals surface area contributed by atoms with Gasteiger partial charge in [-0.25, -0.2) is 4.79 Å². The topological polar surface area (TPSA) is 97.6 Å². The highest BCUT2D eigenvalue weighted by molar-refractivity contribution is 6.01. The average Bonchev–Trinajstić information content (AvgIpc) is 2.74. The van der Waals surface area contributed by atoms with Crippen LogP contribution in [0.3, 0.4) is 0 Å². The Morgan fingerprint density at radius 1 is 1.07 bits per heavy atom. The van der Waals surface area contributed by atoms with Crippen LogP contribution in [-0.4, -0.2) is 38.7 Å². The summed E-state index contributed by atoms with van der Waals surface area (Å²) in [5, 5.41) is 11.8. The molecular formula is C23H24N2O5. The maximum absolute atomic E-state index is 12.0. The first kappa shape index (κ1) is 22.7. The molecule has 2 rings (SSSR count). The molecule has 1 amide bonds. The fourth-order valence-electron chi connectivity index (χ4n) is 2.42. The van der Waals surface area contributed by atoms with E-state index in [2.05, 4.69) is 5.32 Å². The molecule has 0 fully saturated rings. The minimum absolute atomic E-state index is 0.0300. The van der Waals surface area contributed by atoms with E-state index in [1.807, 2.05) is 32.0 Å². The van der Waals surface area contributed by atoms with Crippen molar-refractivity contribution in [1.29, 1.82) is 5.26 Å². The van der Waals surface area contributed by atoms with Gasteiger partial charge in [0.1, 0.15) is 23.1 Å². The Hall–Kier alpha value is -3.63. The van der Waals surface area contributed by atoms with E-state index in [9.17, 15) is 14.9 Å². The lowest BCUT2D eigenvalue weighted by Gasteiger charge is -2.08. The van der Waals surface area contributed by atoms with Crippen molar-refractivity contribution in [2.75, 3.05) is 26.9 Å². The molecule has 0 radical (unpaired) electrons. The highest BCUT2D eigenvalue weighted by atomic mass is 16.6. The Morgan fingerprint density at radius 3 is 2.40 bits per heavy atom. The van der Waals surface area contributed by atoms with Gasteiger partial charge in [0.15, 0.2) is 6.61 Å². The van der Waals surface area contributed by atoms with Crippen LogP contribution < -0.4 is 14.8 Å². The molecule has 0 aliphatic rings. The Balaban J connectivity index is 1.91. The van der Waals surface area contributed by atoms with Crippen molar-refractivity contribution >= 4 is 18.0 Å². The molecule has 0 aromatic heterocycles. The third kappa shape index (κ3) is 7.08. The molecule has 0 saturated heterocycles. The number of nitriles is 1. The molecule has 0 heterocycles. The molecule has 0 atom stereocenters. The first-order chi connectivity index (χ1) is 14.4. The lowest BCUT2D eigenvalue weighted by atomic mass is 10.1. The quantitative estimate of drug-likeness (QED) is 0.225. The Labute approximate surface area is 175 Å². The summed E-state index contributed by atoms with van der Waals surface area (Å²) < 4.78 is 15.6. The van der Waals surface area contributed by atoms with E-state index in [-0.39, 0.29) is 12.2 Å². The second kappa shape index (κ2) is 11.4. The lowest BCUT2D eigenvalue weighted by Crippen LogP contribution is -2.27. The van der Waals surface area contributed by atoms with Crippen molar-refractivity contribution < 1.29 is 23.8 Å². The fraction of sp³-hybridized carbons (Fsp3) is 0.261. The minimum atomic E-state index is -0.535. The van der Waals surface area contributed by atoms with E-state index in [1.54, 1.807) is 30.3 Å². The number of benzene rings is 2. The molecule has 2 aromatic rings. The van der Waals surface area contributed by atoms with Crippen LogP contribution in [0.15, 0.2) is 48.0 Å². The molecule has 0 bridgehead atoms. The van der Waals surface area contributed by atoms with Crippen molar-refractivity contribution in [2.24, 2.45) is 0 Å². The second-order valence-corrected chi connectivity index (χ2v) is 6.50. The van der Waals surface area contributed by atoms with Crippen molar-refractivity contribution in [3.63, 3.8) is 0 Å². The molecule has 1 N–H and O–H groups in total. The molecule has 0 spiro atoms. The van der Waals surface area contributed by atoms with Crippen molar-refractivity contribution in [2.45, 2.75) is 13.8 Å². The number of nitrogens with one attached hydrogen (secondary N) is 1. The first-order valence-electron chi connectivity index (χ1n) is 9.32. The Bertz CT molecular complexity index is 959. The highest BCUT2D eigenvalue weighted by Gasteiger charge is 2.09. The van der Waals surface area contributed by atoms with E-state index in [1.165, 1.54) is 13.2 Å². The van der Waals surface area contributed by atoms with Crippen LogP contribution in [0.5, 0.6) is 11.5 Å². The summed E-state index contributed by atoms with van der Waals surface area (Å²) in [5.74, 6) is -0.0764. The molecule has 0 aliphatic heterocycles. The number of amides is 1. The van der Waals surface area contributed by atoms with E-state index in [0.29, 0.717) is 30.2 Å². The number of carbonyl (C=O) groups excluding carboxylic acids is 2. The molecule has 7 nitrogen and oxygen atoms in total. The van der Waals surface area contributed by atoms with E-state index in [4.69, 9.17) is 14.2 Å². The molecule has 0 aliphatic carbocycles. The summed E-state index contributed by atoms with van der Waals surface area (Å²) in [6, 6.07) is 13.9. The highest BCUT2D eigenvalue weighted by Crippen LogP contribution is 2.17. The van der Waals surface area contributed by atoms with Crippen LogP contribution in [-0.2, 0) is 14.3 Å². The predicted octanol–water partition coefficient (Wildman–Crippen LogP) is 2.96. The predicted molar refractivity (Wildman–Crippen MR) is 112 cm³/mol. The van der Waals surface area contributed by atoms with E-state index in [0.717, 1.165) is 11.1 Å². The van der Waals surface area contributed by atoms with Crippen molar-refractivity contribution in [1.82, 2.24) is 5.32 Å². The summed E-state index contributed by atoms with van der Waals surface area (Å²) in [5.41, 5.74) is 2.82. The van der Waals surface area contributed by atoms with E-state index < -0.39 is 11.9 Å². The largest absolute Gasteiger partial charge is 0.482 e. The van der Waals surface area contributed by atoms with Crippen molar-refractivity contribution in [3.05, 3.63) is 64.7 Å². The zero-order valence-electron chi connectivity index (χ0n) is 17.2. The average molecular weight is 408 g/mol. The normalized spacial score (nSPS) is 10.8. The maximum Gasteiger partial charge on any atom is 0.349 e. The molecule has 7 heteroatoms. The number of aryl methyl sites for hydroxylation is 2. The van der Waals surface area contributed by atoms with Gasteiger partial charge in [0.25, 0.3) is 5.91 Å². The number of nitrogens with zero attached hydrogens (tertiary/aromatic N) is 1. The zero-order chi connectivity index (χ0) is 21.9. The van der Waals surface area contributed by atoms with Gasteiger partial charge in [-0.2, -0.15) is 5.26 Å². The first-order valence-corrected chi connectivity index (χ1v) is 9.32. The molecule has 2 aromatic carbocycles. The standard InChI is InChI=1S/C23H24N2O5/c1-16-4-7-21(12-17(16)2)29-15-22(26)30-20-8-5-18(6-9-20)13-19(14-24)23(27)25-10-11-28-3/h4-9,12-13H,10-11,15H2,1-3H3,(H,25,27)/b19-13+. The van der Waals surface area contributed by atoms with Gasteiger partial charge in [0, 0.05) is 13.7 Å². The van der Waals surface area contributed by atoms with Gasteiger partial charge >= 0.3 is 5.97 Å². The fourth-order valence-corrected chi connectivity index (χ4v) is 2.42. The molecule has 0 saturated carbocycles. The third-order valence-electron chi connectivity index (χ3n) is 4.21. The van der Waals surface area contributed by atoms with Crippen LogP contribution in [0.1, 0.15) is 16.7 Å². The van der Waals surface area contributed by atoms with Crippen LogP contribution in [0.2, 0.25) is 0 Å². The number of hydrogen-bond donors (Lipinski definition) is 1. The summed E-state index contributed by atoms with van der Waals surface area (Å²) in [7, 11) is 1.52.